The van der Waals surface area contributed by atoms with Gasteiger partial charge in [0.2, 0.25) is 5.91 Å². The topological polar surface area (TPSA) is 69.6 Å². The van der Waals surface area contributed by atoms with E-state index in [0.29, 0.717) is 18.4 Å². The number of hydrogen-bond acceptors (Lipinski definition) is 3. The van der Waals surface area contributed by atoms with E-state index >= 15 is 0 Å². The van der Waals surface area contributed by atoms with Crippen LogP contribution in [0.1, 0.15) is 57.8 Å². The molecule has 0 bridgehead atoms. The van der Waals surface area contributed by atoms with Crippen molar-refractivity contribution >= 4 is 11.9 Å². The number of rotatable bonds is 7. The SMILES string of the molecule is O=C(O)CCC1CCN(CCC(=O)NC2CCCCC2)C1. The molecular weight excluding hydrogens is 268 g/mol. The standard InChI is InChI=1S/C16H28N2O3/c19-15(17-14-4-2-1-3-5-14)9-11-18-10-8-13(12-18)6-7-16(20)21/h13-14H,1-12H2,(H,17,19)(H,20,21). The van der Waals surface area contributed by atoms with Gasteiger partial charge < -0.3 is 15.3 Å². The summed E-state index contributed by atoms with van der Waals surface area (Å²) in [5.74, 6) is -0.0429. The van der Waals surface area contributed by atoms with Crippen molar-refractivity contribution in [3.05, 3.63) is 0 Å². The maximum absolute atomic E-state index is 11.9. The molecule has 0 spiro atoms. The summed E-state index contributed by atoms with van der Waals surface area (Å²) in [4.78, 5) is 24.8. The molecule has 2 N–H and O–H groups in total. The maximum atomic E-state index is 11.9. The number of carbonyl (C=O) groups excluding carboxylic acids is 1. The lowest BCUT2D eigenvalue weighted by molar-refractivity contribution is -0.137. The molecular formula is C16H28N2O3. The molecule has 21 heavy (non-hydrogen) atoms. The number of hydrogen-bond donors (Lipinski definition) is 2. The van der Waals surface area contributed by atoms with Crippen LogP contribution in [0.4, 0.5) is 0 Å². The number of carboxylic acid groups (broad SMARTS) is 1. The Balaban J connectivity index is 1.58. The molecule has 1 saturated heterocycles. The minimum atomic E-state index is -0.708. The van der Waals surface area contributed by atoms with Gasteiger partial charge in [0.25, 0.3) is 0 Å². The Bertz CT molecular complexity index is 353. The Morgan fingerprint density at radius 1 is 1.10 bits per heavy atom. The van der Waals surface area contributed by atoms with Crippen molar-refractivity contribution in [2.45, 2.75) is 63.8 Å². The summed E-state index contributed by atoms with van der Waals surface area (Å²) < 4.78 is 0. The van der Waals surface area contributed by atoms with Gasteiger partial charge in [-0.3, -0.25) is 9.59 Å². The third-order valence-electron chi connectivity index (χ3n) is 4.76. The fourth-order valence-electron chi connectivity index (χ4n) is 3.49. The molecule has 1 aliphatic heterocycles. The number of nitrogens with zero attached hydrogens (tertiary/aromatic N) is 1. The number of nitrogens with one attached hydrogen (secondary N) is 1. The second-order valence-corrected chi connectivity index (χ2v) is 6.54. The number of amides is 1. The molecule has 1 unspecified atom stereocenters. The molecule has 5 heteroatoms. The summed E-state index contributed by atoms with van der Waals surface area (Å²) in [5.41, 5.74) is 0. The highest BCUT2D eigenvalue weighted by atomic mass is 16.4. The van der Waals surface area contributed by atoms with E-state index in [1.54, 1.807) is 0 Å². The first-order valence-electron chi connectivity index (χ1n) is 8.37. The van der Waals surface area contributed by atoms with Crippen molar-refractivity contribution < 1.29 is 14.7 Å². The molecule has 2 aliphatic rings. The van der Waals surface area contributed by atoms with E-state index in [1.807, 2.05) is 0 Å². The van der Waals surface area contributed by atoms with Crippen LogP contribution in [0.3, 0.4) is 0 Å². The van der Waals surface area contributed by atoms with Gasteiger partial charge in [0.05, 0.1) is 0 Å². The molecule has 2 fully saturated rings. The monoisotopic (exact) mass is 296 g/mol. The fraction of sp³-hybridized carbons (Fsp3) is 0.875. The van der Waals surface area contributed by atoms with E-state index in [9.17, 15) is 9.59 Å². The van der Waals surface area contributed by atoms with Crippen LogP contribution in [0.2, 0.25) is 0 Å². The van der Waals surface area contributed by atoms with E-state index in [-0.39, 0.29) is 12.3 Å². The minimum Gasteiger partial charge on any atom is -0.481 e. The van der Waals surface area contributed by atoms with Gasteiger partial charge in [0.1, 0.15) is 0 Å². The number of aliphatic carboxylic acids is 1. The van der Waals surface area contributed by atoms with Gasteiger partial charge in [-0.15, -0.1) is 0 Å². The lowest BCUT2D eigenvalue weighted by atomic mass is 9.95. The van der Waals surface area contributed by atoms with Crippen LogP contribution in [0.15, 0.2) is 0 Å². The minimum absolute atomic E-state index is 0.177. The molecule has 1 atom stereocenters. The second-order valence-electron chi connectivity index (χ2n) is 6.54. The number of carboxylic acids is 1. The third kappa shape index (κ3) is 6.04. The summed E-state index contributed by atoms with van der Waals surface area (Å²) in [5, 5.41) is 11.9. The quantitative estimate of drug-likeness (QED) is 0.754. The van der Waals surface area contributed by atoms with Crippen molar-refractivity contribution in [3.8, 4) is 0 Å². The Morgan fingerprint density at radius 2 is 1.86 bits per heavy atom. The van der Waals surface area contributed by atoms with Crippen LogP contribution in [-0.4, -0.2) is 47.6 Å². The van der Waals surface area contributed by atoms with E-state index in [4.69, 9.17) is 5.11 Å². The Morgan fingerprint density at radius 3 is 2.57 bits per heavy atom. The van der Waals surface area contributed by atoms with Gasteiger partial charge in [-0.2, -0.15) is 0 Å². The van der Waals surface area contributed by atoms with Gasteiger partial charge in [-0.1, -0.05) is 19.3 Å². The van der Waals surface area contributed by atoms with Crippen LogP contribution >= 0.6 is 0 Å². The van der Waals surface area contributed by atoms with Crippen LogP contribution in [0.25, 0.3) is 0 Å². The largest absolute Gasteiger partial charge is 0.481 e. The van der Waals surface area contributed by atoms with Crippen molar-refractivity contribution in [2.24, 2.45) is 5.92 Å². The molecule has 0 aromatic heterocycles. The first-order valence-corrected chi connectivity index (χ1v) is 8.37. The molecule has 5 nitrogen and oxygen atoms in total. The lowest BCUT2D eigenvalue weighted by Crippen LogP contribution is -2.38. The molecule has 1 aliphatic carbocycles. The smallest absolute Gasteiger partial charge is 0.303 e. The highest BCUT2D eigenvalue weighted by molar-refractivity contribution is 5.76. The molecule has 0 aromatic carbocycles. The van der Waals surface area contributed by atoms with Crippen LogP contribution < -0.4 is 5.32 Å². The molecule has 0 radical (unpaired) electrons. The van der Waals surface area contributed by atoms with Gasteiger partial charge >= 0.3 is 5.97 Å². The number of likely N-dealkylation sites (tertiary alicyclic amines) is 1. The van der Waals surface area contributed by atoms with Gasteiger partial charge in [-0.05, 0) is 38.1 Å². The van der Waals surface area contributed by atoms with E-state index in [0.717, 1.165) is 45.3 Å². The average molecular weight is 296 g/mol. The summed E-state index contributed by atoms with van der Waals surface area (Å²) in [6.45, 7) is 2.76. The Kier molecular flexibility index (Phi) is 6.49. The zero-order chi connectivity index (χ0) is 15.1. The molecule has 1 heterocycles. The van der Waals surface area contributed by atoms with Crippen molar-refractivity contribution in [1.29, 1.82) is 0 Å². The second kappa shape index (κ2) is 8.37. The van der Waals surface area contributed by atoms with E-state index in [1.165, 1.54) is 19.3 Å². The normalized spacial score (nSPS) is 24.1. The third-order valence-corrected chi connectivity index (χ3v) is 4.76. The van der Waals surface area contributed by atoms with Crippen LogP contribution in [-0.2, 0) is 9.59 Å². The summed E-state index contributed by atoms with van der Waals surface area (Å²) in [6, 6.07) is 0.396. The summed E-state index contributed by atoms with van der Waals surface area (Å²) in [7, 11) is 0. The van der Waals surface area contributed by atoms with Crippen molar-refractivity contribution in [2.75, 3.05) is 19.6 Å². The van der Waals surface area contributed by atoms with Gasteiger partial charge in [-0.25, -0.2) is 0 Å². The van der Waals surface area contributed by atoms with Crippen LogP contribution in [0.5, 0.6) is 0 Å². The van der Waals surface area contributed by atoms with E-state index < -0.39 is 5.97 Å². The average Bonchev–Trinajstić information content (AvgIpc) is 2.92. The Labute approximate surface area is 127 Å². The highest BCUT2D eigenvalue weighted by Crippen LogP contribution is 2.21. The van der Waals surface area contributed by atoms with Crippen molar-refractivity contribution in [3.63, 3.8) is 0 Å². The van der Waals surface area contributed by atoms with E-state index in [2.05, 4.69) is 10.2 Å². The lowest BCUT2D eigenvalue weighted by Gasteiger charge is -2.23. The predicted molar refractivity (Wildman–Crippen MR) is 81.0 cm³/mol. The zero-order valence-corrected chi connectivity index (χ0v) is 12.9. The number of carbonyl (C=O) groups is 2. The molecule has 2 rings (SSSR count). The molecule has 1 saturated carbocycles. The molecule has 120 valence electrons. The first-order chi connectivity index (χ1) is 10.1. The van der Waals surface area contributed by atoms with Gasteiger partial charge in [0.15, 0.2) is 0 Å². The Hall–Kier alpha value is -1.10. The highest BCUT2D eigenvalue weighted by Gasteiger charge is 2.23. The maximum Gasteiger partial charge on any atom is 0.303 e. The molecule has 1 amide bonds. The van der Waals surface area contributed by atoms with Crippen LogP contribution in [0, 0.1) is 5.92 Å². The predicted octanol–water partition coefficient (Wildman–Crippen LogP) is 2.01. The zero-order valence-electron chi connectivity index (χ0n) is 12.9. The summed E-state index contributed by atoms with van der Waals surface area (Å²) in [6.07, 6.45) is 8.71. The van der Waals surface area contributed by atoms with Gasteiger partial charge in [0, 0.05) is 32.0 Å². The fourth-order valence-corrected chi connectivity index (χ4v) is 3.49. The summed E-state index contributed by atoms with van der Waals surface area (Å²) >= 11 is 0. The first kappa shape index (κ1) is 16.3. The van der Waals surface area contributed by atoms with Crippen molar-refractivity contribution in [1.82, 2.24) is 10.2 Å². The molecule has 0 aromatic rings.